The number of fused-ring (bicyclic) bond motifs is 3. The highest BCUT2D eigenvalue weighted by Crippen LogP contribution is 2.29. The van der Waals surface area contributed by atoms with Crippen LogP contribution in [0.4, 0.5) is 14.5 Å². The largest absolute Gasteiger partial charge is 0.435 e. The van der Waals surface area contributed by atoms with Gasteiger partial charge in [-0.05, 0) is 36.4 Å². The molecule has 0 spiro atoms. The Morgan fingerprint density at radius 1 is 1.19 bits per heavy atom. The number of carbonyl (C=O) groups excluding carboxylic acids is 1. The number of anilines is 1. The fourth-order valence-electron chi connectivity index (χ4n) is 2.50. The van der Waals surface area contributed by atoms with E-state index in [0.717, 1.165) is 15.2 Å². The number of aromatic nitrogens is 3. The number of carbonyl (C=O) groups is 1. The minimum Gasteiger partial charge on any atom is -0.435 e. The van der Waals surface area contributed by atoms with Crippen LogP contribution in [0.15, 0.2) is 53.7 Å². The number of rotatable bonds is 6. The standard InChI is InChI=1S/C17H12F2N4O2S2/c18-15(19)25-11-7-5-10(6-8-11)20-14(24)9-26-16-21-22-17-23(16)12-3-1-2-4-13(12)27-17/h1-8,15H,9H2,(H,20,24). The van der Waals surface area contributed by atoms with E-state index in [1.165, 1.54) is 47.4 Å². The zero-order valence-electron chi connectivity index (χ0n) is 13.6. The molecule has 2 heterocycles. The van der Waals surface area contributed by atoms with E-state index in [1.54, 1.807) is 0 Å². The smallest absolute Gasteiger partial charge is 0.387 e. The van der Waals surface area contributed by atoms with Crippen LogP contribution in [-0.2, 0) is 4.79 Å². The molecular formula is C17H12F2N4O2S2. The normalized spacial score (nSPS) is 11.4. The van der Waals surface area contributed by atoms with E-state index in [9.17, 15) is 13.6 Å². The van der Waals surface area contributed by atoms with E-state index >= 15 is 0 Å². The third-order valence-corrected chi connectivity index (χ3v) is 5.55. The monoisotopic (exact) mass is 406 g/mol. The number of nitrogens with one attached hydrogen (secondary N) is 1. The van der Waals surface area contributed by atoms with E-state index in [1.807, 2.05) is 28.7 Å². The molecule has 2 aromatic carbocycles. The molecule has 0 aliphatic carbocycles. The topological polar surface area (TPSA) is 68.5 Å². The van der Waals surface area contributed by atoms with Crippen LogP contribution in [0.3, 0.4) is 0 Å². The van der Waals surface area contributed by atoms with Crippen molar-refractivity contribution >= 4 is 49.9 Å². The Labute approximate surface area is 160 Å². The van der Waals surface area contributed by atoms with Crippen LogP contribution < -0.4 is 10.1 Å². The van der Waals surface area contributed by atoms with Gasteiger partial charge < -0.3 is 10.1 Å². The van der Waals surface area contributed by atoms with Crippen molar-refractivity contribution < 1.29 is 18.3 Å². The van der Waals surface area contributed by atoms with Crippen LogP contribution in [0.5, 0.6) is 5.75 Å². The number of hydrogen-bond donors (Lipinski definition) is 1. The molecule has 0 aliphatic rings. The Kier molecular flexibility index (Phi) is 4.90. The van der Waals surface area contributed by atoms with Gasteiger partial charge in [0, 0.05) is 5.69 Å². The number of nitrogens with zero attached hydrogens (tertiary/aromatic N) is 3. The highest BCUT2D eigenvalue weighted by molar-refractivity contribution is 7.99. The molecule has 27 heavy (non-hydrogen) atoms. The SMILES string of the molecule is O=C(CSc1nnc2sc3ccccc3n12)Nc1ccc(OC(F)F)cc1. The fourth-order valence-corrected chi connectivity index (χ4v) is 4.26. The summed E-state index contributed by atoms with van der Waals surface area (Å²) in [5.41, 5.74) is 1.50. The first-order valence-electron chi connectivity index (χ1n) is 7.80. The molecule has 2 aromatic heterocycles. The number of thioether (sulfide) groups is 1. The Hall–Kier alpha value is -2.72. The molecule has 0 bridgehead atoms. The van der Waals surface area contributed by atoms with Crippen LogP contribution in [0.2, 0.25) is 0 Å². The van der Waals surface area contributed by atoms with Gasteiger partial charge in [-0.1, -0.05) is 35.2 Å². The lowest BCUT2D eigenvalue weighted by Gasteiger charge is -2.07. The third kappa shape index (κ3) is 3.86. The molecule has 0 aliphatic heterocycles. The maximum Gasteiger partial charge on any atom is 0.387 e. The summed E-state index contributed by atoms with van der Waals surface area (Å²) in [6.07, 6.45) is 0. The van der Waals surface area contributed by atoms with Crippen molar-refractivity contribution in [2.24, 2.45) is 0 Å². The van der Waals surface area contributed by atoms with Gasteiger partial charge in [0.05, 0.1) is 16.0 Å². The first kappa shape index (κ1) is 17.7. The van der Waals surface area contributed by atoms with E-state index in [-0.39, 0.29) is 17.4 Å². The molecule has 10 heteroatoms. The molecule has 4 rings (SSSR count). The summed E-state index contributed by atoms with van der Waals surface area (Å²) in [7, 11) is 0. The summed E-state index contributed by atoms with van der Waals surface area (Å²) in [4.78, 5) is 12.9. The Balaban J connectivity index is 1.41. The van der Waals surface area contributed by atoms with Gasteiger partial charge in [0.2, 0.25) is 10.9 Å². The summed E-state index contributed by atoms with van der Waals surface area (Å²) >= 11 is 2.81. The molecule has 1 N–H and O–H groups in total. The average Bonchev–Trinajstić information content (AvgIpc) is 3.20. The van der Waals surface area contributed by atoms with Gasteiger partial charge in [0.25, 0.3) is 0 Å². The molecule has 6 nitrogen and oxygen atoms in total. The van der Waals surface area contributed by atoms with Gasteiger partial charge in [-0.15, -0.1) is 10.2 Å². The quantitative estimate of drug-likeness (QED) is 0.484. The lowest BCUT2D eigenvalue weighted by atomic mass is 10.3. The maximum atomic E-state index is 12.2. The predicted octanol–water partition coefficient (Wildman–Crippen LogP) is 4.28. The van der Waals surface area contributed by atoms with Crippen molar-refractivity contribution in [2.45, 2.75) is 11.8 Å². The van der Waals surface area contributed by atoms with Crippen molar-refractivity contribution in [3.63, 3.8) is 0 Å². The zero-order valence-corrected chi connectivity index (χ0v) is 15.3. The molecule has 4 aromatic rings. The van der Waals surface area contributed by atoms with E-state index in [2.05, 4.69) is 20.3 Å². The van der Waals surface area contributed by atoms with Crippen LogP contribution >= 0.6 is 23.1 Å². The molecule has 0 radical (unpaired) electrons. The summed E-state index contributed by atoms with van der Waals surface area (Å²) in [6.45, 7) is -2.88. The number of amides is 1. The van der Waals surface area contributed by atoms with Gasteiger partial charge >= 0.3 is 6.61 Å². The molecule has 138 valence electrons. The third-order valence-electron chi connectivity index (χ3n) is 3.61. The van der Waals surface area contributed by atoms with Crippen LogP contribution in [0.25, 0.3) is 15.2 Å². The van der Waals surface area contributed by atoms with Crippen molar-refractivity contribution in [1.82, 2.24) is 14.6 Å². The average molecular weight is 406 g/mol. The molecule has 0 saturated heterocycles. The van der Waals surface area contributed by atoms with Crippen LogP contribution in [-0.4, -0.2) is 32.9 Å². The van der Waals surface area contributed by atoms with Crippen molar-refractivity contribution in [3.05, 3.63) is 48.5 Å². The molecule has 0 saturated carbocycles. The van der Waals surface area contributed by atoms with Gasteiger partial charge in [-0.25, -0.2) is 0 Å². The number of hydrogen-bond acceptors (Lipinski definition) is 6. The number of para-hydroxylation sites is 1. The number of ether oxygens (including phenoxy) is 1. The van der Waals surface area contributed by atoms with Crippen molar-refractivity contribution in [2.75, 3.05) is 11.1 Å². The molecule has 0 unspecified atom stereocenters. The van der Waals surface area contributed by atoms with E-state index < -0.39 is 6.61 Å². The van der Waals surface area contributed by atoms with Gasteiger partial charge in [-0.2, -0.15) is 8.78 Å². The summed E-state index contributed by atoms with van der Waals surface area (Å²) < 4.78 is 31.6. The summed E-state index contributed by atoms with van der Waals surface area (Å²) in [5, 5.41) is 11.6. The summed E-state index contributed by atoms with van der Waals surface area (Å²) in [5.74, 6) is -0.0633. The first-order valence-corrected chi connectivity index (χ1v) is 9.60. The minimum atomic E-state index is -2.88. The lowest BCUT2D eigenvalue weighted by molar-refractivity contribution is -0.113. The minimum absolute atomic E-state index is 0.0348. The Morgan fingerprint density at radius 2 is 1.96 bits per heavy atom. The predicted molar refractivity (Wildman–Crippen MR) is 101 cm³/mol. The number of thiazole rings is 1. The van der Waals surface area contributed by atoms with Crippen LogP contribution in [0, 0.1) is 0 Å². The number of halogens is 2. The zero-order chi connectivity index (χ0) is 18.8. The molecular weight excluding hydrogens is 394 g/mol. The molecule has 0 fully saturated rings. The van der Waals surface area contributed by atoms with Crippen molar-refractivity contribution in [3.8, 4) is 5.75 Å². The first-order chi connectivity index (χ1) is 13.1. The highest BCUT2D eigenvalue weighted by Gasteiger charge is 2.14. The second-order valence-corrected chi connectivity index (χ2v) is 7.36. The van der Waals surface area contributed by atoms with Crippen molar-refractivity contribution in [1.29, 1.82) is 0 Å². The number of benzene rings is 2. The van der Waals surface area contributed by atoms with Gasteiger partial charge in [0.1, 0.15) is 5.75 Å². The summed E-state index contributed by atoms with van der Waals surface area (Å²) in [6, 6.07) is 13.6. The highest BCUT2D eigenvalue weighted by atomic mass is 32.2. The van der Waals surface area contributed by atoms with Crippen LogP contribution in [0.1, 0.15) is 0 Å². The van der Waals surface area contributed by atoms with E-state index in [4.69, 9.17) is 0 Å². The Morgan fingerprint density at radius 3 is 2.74 bits per heavy atom. The molecule has 1 amide bonds. The van der Waals surface area contributed by atoms with Gasteiger partial charge in [-0.3, -0.25) is 9.20 Å². The lowest BCUT2D eigenvalue weighted by Crippen LogP contribution is -2.14. The fraction of sp³-hybridized carbons (Fsp3) is 0.118. The van der Waals surface area contributed by atoms with E-state index in [0.29, 0.717) is 10.8 Å². The Bertz CT molecular complexity index is 1100. The number of alkyl halides is 2. The van der Waals surface area contributed by atoms with Gasteiger partial charge in [0.15, 0.2) is 5.16 Å². The molecule has 0 atom stereocenters. The second kappa shape index (κ2) is 7.49. The second-order valence-electron chi connectivity index (χ2n) is 5.41. The maximum absolute atomic E-state index is 12.2.